The van der Waals surface area contributed by atoms with Crippen LogP contribution in [0.25, 0.3) is 0 Å². The van der Waals surface area contributed by atoms with Crippen LogP contribution in [-0.2, 0) is 9.47 Å². The molecule has 0 aromatic rings. The third kappa shape index (κ3) is 4.72. The molecule has 0 aromatic heterocycles. The van der Waals surface area contributed by atoms with Gasteiger partial charge in [0, 0.05) is 5.41 Å². The Morgan fingerprint density at radius 1 is 0.750 bits per heavy atom. The van der Waals surface area contributed by atoms with Crippen molar-refractivity contribution in [3.63, 3.8) is 0 Å². The van der Waals surface area contributed by atoms with E-state index < -0.39 is 5.79 Å². The molecule has 0 spiro atoms. The van der Waals surface area contributed by atoms with Crippen LogP contribution in [0.4, 0.5) is 0 Å². The molecular weight excluding hydrogens is 300 g/mol. The fourth-order valence-electron chi connectivity index (χ4n) is 3.25. The van der Waals surface area contributed by atoms with Crippen molar-refractivity contribution in [3.8, 4) is 0 Å². The van der Waals surface area contributed by atoms with Gasteiger partial charge in [0.15, 0.2) is 5.79 Å². The lowest BCUT2D eigenvalue weighted by molar-refractivity contribution is -0.916. The van der Waals surface area contributed by atoms with E-state index in [2.05, 4.69) is 69.5 Å². The second-order valence-corrected chi connectivity index (χ2v) is 9.38. The molecule has 0 unspecified atom stereocenters. The minimum Gasteiger partial charge on any atom is -0.338 e. The van der Waals surface area contributed by atoms with Gasteiger partial charge >= 0.3 is 0 Å². The molecule has 144 valence electrons. The van der Waals surface area contributed by atoms with Crippen molar-refractivity contribution >= 4 is 0 Å². The topological polar surface area (TPSA) is 18.5 Å². The van der Waals surface area contributed by atoms with Crippen molar-refractivity contribution in [1.82, 2.24) is 0 Å². The van der Waals surface area contributed by atoms with E-state index in [1.54, 1.807) is 0 Å². The number of ether oxygens (including phenoxy) is 2. The van der Waals surface area contributed by atoms with Crippen LogP contribution in [0.15, 0.2) is 0 Å². The highest BCUT2D eigenvalue weighted by atomic mass is 16.8. The lowest BCUT2D eigenvalue weighted by Gasteiger charge is -2.38. The van der Waals surface area contributed by atoms with Crippen molar-refractivity contribution in [3.05, 3.63) is 0 Å². The van der Waals surface area contributed by atoms with Gasteiger partial charge in [-0.1, -0.05) is 20.8 Å². The summed E-state index contributed by atoms with van der Waals surface area (Å²) in [5.41, 5.74) is -0.0380. The number of rotatable bonds is 8. The first-order valence-corrected chi connectivity index (χ1v) is 9.90. The molecule has 0 amide bonds. The van der Waals surface area contributed by atoms with E-state index in [9.17, 15) is 0 Å². The zero-order valence-electron chi connectivity index (χ0n) is 18.1. The fraction of sp³-hybridized carbons (Fsp3) is 1.00. The summed E-state index contributed by atoms with van der Waals surface area (Å²) in [5, 5.41) is 0. The molecule has 0 N–H and O–H groups in total. The zero-order valence-corrected chi connectivity index (χ0v) is 18.1. The van der Waals surface area contributed by atoms with Crippen LogP contribution in [0, 0.1) is 5.41 Å². The van der Waals surface area contributed by atoms with Gasteiger partial charge in [-0.2, -0.15) is 0 Å². The van der Waals surface area contributed by atoms with Crippen LogP contribution in [0.2, 0.25) is 0 Å². The molecule has 4 heteroatoms. The summed E-state index contributed by atoms with van der Waals surface area (Å²) < 4.78 is 15.3. The summed E-state index contributed by atoms with van der Waals surface area (Å²) in [6.07, 6.45) is 0.323. The highest BCUT2D eigenvalue weighted by Crippen LogP contribution is 2.43. The van der Waals surface area contributed by atoms with Crippen LogP contribution < -0.4 is 0 Å². The third-order valence-corrected chi connectivity index (χ3v) is 6.82. The molecular formula is C20H44N2O2+2. The van der Waals surface area contributed by atoms with Gasteiger partial charge in [-0.05, 0) is 34.6 Å². The Hall–Kier alpha value is -0.160. The molecule has 1 aliphatic heterocycles. The average molecular weight is 345 g/mol. The monoisotopic (exact) mass is 344 g/mol. The van der Waals surface area contributed by atoms with Gasteiger partial charge in [0.05, 0.1) is 40.3 Å². The van der Waals surface area contributed by atoms with Gasteiger partial charge in [-0.15, -0.1) is 0 Å². The van der Waals surface area contributed by atoms with Crippen LogP contribution in [0.5, 0.6) is 0 Å². The van der Waals surface area contributed by atoms with Crippen molar-refractivity contribution < 1.29 is 18.4 Å². The first-order chi connectivity index (χ1) is 10.9. The minimum atomic E-state index is -0.513. The Labute approximate surface area is 151 Å². The second-order valence-electron chi connectivity index (χ2n) is 9.38. The van der Waals surface area contributed by atoms with E-state index in [0.717, 1.165) is 48.2 Å². The largest absolute Gasteiger partial charge is 0.338 e. The number of hydrogen-bond donors (Lipinski definition) is 0. The maximum absolute atomic E-state index is 6.61. The predicted octanol–water partition coefficient (Wildman–Crippen LogP) is 3.51. The quantitative estimate of drug-likeness (QED) is 0.627. The summed E-state index contributed by atoms with van der Waals surface area (Å²) in [7, 11) is 4.67. The highest BCUT2D eigenvalue weighted by Gasteiger charge is 2.54. The number of nitrogens with zero attached hydrogens (tertiary/aromatic N) is 2. The Bertz CT molecular complexity index is 367. The molecule has 0 aliphatic carbocycles. The molecule has 0 saturated carbocycles. The average Bonchev–Trinajstić information content (AvgIpc) is 2.83. The van der Waals surface area contributed by atoms with Gasteiger partial charge in [-0.25, -0.2) is 0 Å². The Morgan fingerprint density at radius 2 is 1.04 bits per heavy atom. The van der Waals surface area contributed by atoms with E-state index in [4.69, 9.17) is 9.47 Å². The highest BCUT2D eigenvalue weighted by molar-refractivity contribution is 4.91. The molecule has 1 heterocycles. The fourth-order valence-corrected chi connectivity index (χ4v) is 3.25. The predicted molar refractivity (Wildman–Crippen MR) is 102 cm³/mol. The second kappa shape index (κ2) is 7.61. The van der Waals surface area contributed by atoms with Crippen molar-refractivity contribution in [2.24, 2.45) is 5.41 Å². The Morgan fingerprint density at radius 3 is 1.25 bits per heavy atom. The van der Waals surface area contributed by atoms with E-state index in [1.165, 1.54) is 0 Å². The van der Waals surface area contributed by atoms with Gasteiger partial charge in [-0.3, -0.25) is 0 Å². The SMILES string of the molecule is CC[N+](C)(CC)C[C@@H]1OC(C)(C(C)(C)C)O[C@H]1C[N+](C)(CC)CC. The summed E-state index contributed by atoms with van der Waals surface area (Å²) in [4.78, 5) is 0. The van der Waals surface area contributed by atoms with Gasteiger partial charge < -0.3 is 18.4 Å². The summed E-state index contributed by atoms with van der Waals surface area (Å²) in [6.45, 7) is 24.4. The van der Waals surface area contributed by atoms with Crippen molar-refractivity contribution in [2.45, 2.75) is 73.4 Å². The Balaban J connectivity index is 3.06. The smallest absolute Gasteiger partial charge is 0.171 e. The van der Waals surface area contributed by atoms with E-state index in [1.807, 2.05) is 0 Å². The van der Waals surface area contributed by atoms with E-state index >= 15 is 0 Å². The number of hydrogen-bond acceptors (Lipinski definition) is 2. The van der Waals surface area contributed by atoms with Crippen LogP contribution in [0.1, 0.15) is 55.4 Å². The molecule has 1 saturated heterocycles. The summed E-state index contributed by atoms with van der Waals surface area (Å²) in [5.74, 6) is -0.513. The molecule has 0 radical (unpaired) electrons. The molecule has 1 fully saturated rings. The number of likely N-dealkylation sites (N-methyl/N-ethyl adjacent to an activating group) is 2. The van der Waals surface area contributed by atoms with Crippen molar-refractivity contribution in [2.75, 3.05) is 53.4 Å². The lowest BCUT2D eigenvalue weighted by atomic mass is 9.87. The zero-order chi connectivity index (χ0) is 18.8. The number of quaternary nitrogens is 2. The summed E-state index contributed by atoms with van der Waals surface area (Å²) >= 11 is 0. The normalized spacial score (nSPS) is 25.2. The standard InChI is InChI=1S/C20H44N2O2/c1-11-21(9,12-2)15-17-18(16-22(10,13-3)14-4)24-20(8,23-17)19(5,6)7/h17-18H,11-16H2,1-10H3/q+2/t17-,18-/m0/s1. The molecule has 4 nitrogen and oxygen atoms in total. The van der Waals surface area contributed by atoms with Crippen LogP contribution in [0.3, 0.4) is 0 Å². The lowest BCUT2D eigenvalue weighted by Crippen LogP contribution is -2.55. The maximum atomic E-state index is 6.61. The first kappa shape index (κ1) is 21.9. The molecule has 0 aromatic carbocycles. The molecule has 0 bridgehead atoms. The van der Waals surface area contributed by atoms with E-state index in [-0.39, 0.29) is 17.6 Å². The first-order valence-electron chi connectivity index (χ1n) is 9.90. The van der Waals surface area contributed by atoms with Gasteiger partial charge in [0.1, 0.15) is 25.3 Å². The maximum Gasteiger partial charge on any atom is 0.171 e. The molecule has 1 rings (SSSR count). The summed E-state index contributed by atoms with van der Waals surface area (Å²) in [6, 6.07) is 0. The molecule has 2 atom stereocenters. The molecule has 1 aliphatic rings. The van der Waals surface area contributed by atoms with Gasteiger partial charge in [0.25, 0.3) is 0 Å². The van der Waals surface area contributed by atoms with Gasteiger partial charge in [0.2, 0.25) is 0 Å². The Kier molecular flexibility index (Phi) is 6.94. The van der Waals surface area contributed by atoms with Crippen LogP contribution in [-0.4, -0.2) is 80.3 Å². The van der Waals surface area contributed by atoms with Crippen molar-refractivity contribution in [1.29, 1.82) is 0 Å². The van der Waals surface area contributed by atoms with Crippen LogP contribution >= 0.6 is 0 Å². The third-order valence-electron chi connectivity index (χ3n) is 6.82. The molecule has 24 heavy (non-hydrogen) atoms. The minimum absolute atomic E-state index is 0.0380. The van der Waals surface area contributed by atoms with E-state index in [0.29, 0.717) is 0 Å².